The molecule has 0 heterocycles. The molecule has 1 aromatic rings. The lowest BCUT2D eigenvalue weighted by atomic mass is 9.89. The van der Waals surface area contributed by atoms with Crippen LogP contribution in [0.25, 0.3) is 0 Å². The molecule has 2 rings (SSSR count). The summed E-state index contributed by atoms with van der Waals surface area (Å²) in [6, 6.07) is 3.74. The largest absolute Gasteiger partial charge is 0.240 e. The van der Waals surface area contributed by atoms with Gasteiger partial charge in [0.05, 0.1) is 4.90 Å². The maximum atomic E-state index is 13.0. The first-order valence-corrected chi connectivity index (χ1v) is 9.18. The first-order chi connectivity index (χ1) is 9.38. The summed E-state index contributed by atoms with van der Waals surface area (Å²) in [5.74, 6) is -0.0560. The summed E-state index contributed by atoms with van der Waals surface area (Å²) in [6.07, 6.45) is 4.32. The zero-order chi connectivity index (χ0) is 14.8. The van der Waals surface area contributed by atoms with E-state index in [2.05, 4.69) is 20.7 Å². The zero-order valence-electron chi connectivity index (χ0n) is 11.4. The fourth-order valence-corrected chi connectivity index (χ4v) is 4.82. The lowest BCUT2D eigenvalue weighted by Gasteiger charge is -2.25. The van der Waals surface area contributed by atoms with Gasteiger partial charge in [-0.05, 0) is 55.9 Å². The number of alkyl halides is 1. The van der Waals surface area contributed by atoms with E-state index < -0.39 is 15.8 Å². The van der Waals surface area contributed by atoms with Crippen LogP contribution in [0.1, 0.15) is 31.2 Å². The Morgan fingerprint density at radius 1 is 1.40 bits per heavy atom. The number of aryl methyl sites for hydroxylation is 1. The highest BCUT2D eigenvalue weighted by Gasteiger charge is 2.23. The molecule has 1 aliphatic rings. The van der Waals surface area contributed by atoms with Gasteiger partial charge in [-0.3, -0.25) is 0 Å². The minimum atomic E-state index is -3.56. The van der Waals surface area contributed by atoms with Crippen LogP contribution in [-0.2, 0) is 10.0 Å². The summed E-state index contributed by atoms with van der Waals surface area (Å²) in [6.45, 7) is 2.05. The van der Waals surface area contributed by atoms with Gasteiger partial charge >= 0.3 is 0 Å². The Kier molecular flexibility index (Phi) is 5.20. The van der Waals surface area contributed by atoms with Crippen LogP contribution in [0.2, 0.25) is 0 Å². The van der Waals surface area contributed by atoms with Crippen molar-refractivity contribution in [3.63, 3.8) is 0 Å². The Hall–Kier alpha value is -0.460. The quantitative estimate of drug-likeness (QED) is 0.833. The number of rotatable bonds is 4. The summed E-state index contributed by atoms with van der Waals surface area (Å²) in [4.78, 5) is 0.642. The van der Waals surface area contributed by atoms with Crippen LogP contribution >= 0.6 is 15.9 Å². The van der Waals surface area contributed by atoms with Crippen molar-refractivity contribution in [3.05, 3.63) is 29.6 Å². The van der Waals surface area contributed by atoms with Gasteiger partial charge in [0.15, 0.2) is 0 Å². The van der Waals surface area contributed by atoms with E-state index in [0.29, 0.717) is 22.9 Å². The van der Waals surface area contributed by atoms with E-state index >= 15 is 0 Å². The van der Waals surface area contributed by atoms with Crippen molar-refractivity contribution < 1.29 is 12.8 Å². The van der Waals surface area contributed by atoms with Crippen LogP contribution < -0.4 is 4.72 Å². The Labute approximate surface area is 128 Å². The van der Waals surface area contributed by atoms with Gasteiger partial charge in [0.1, 0.15) is 5.82 Å². The van der Waals surface area contributed by atoms with Crippen molar-refractivity contribution in [2.75, 3.05) is 6.54 Å². The van der Waals surface area contributed by atoms with Crippen LogP contribution in [-0.4, -0.2) is 19.8 Å². The third-order valence-corrected chi connectivity index (χ3v) is 6.12. The van der Waals surface area contributed by atoms with Crippen LogP contribution in [0.3, 0.4) is 0 Å². The molecule has 112 valence electrons. The van der Waals surface area contributed by atoms with Crippen LogP contribution in [0.4, 0.5) is 4.39 Å². The van der Waals surface area contributed by atoms with Crippen molar-refractivity contribution in [1.29, 1.82) is 0 Å². The Balaban J connectivity index is 2.03. The van der Waals surface area contributed by atoms with Gasteiger partial charge in [0, 0.05) is 11.4 Å². The fourth-order valence-electron chi connectivity index (χ4n) is 2.63. The molecule has 1 N–H and O–H groups in total. The highest BCUT2D eigenvalue weighted by molar-refractivity contribution is 9.09. The van der Waals surface area contributed by atoms with Crippen LogP contribution in [0, 0.1) is 18.7 Å². The number of halogens is 2. The summed E-state index contributed by atoms with van der Waals surface area (Å²) < 4.78 is 40.2. The first-order valence-electron chi connectivity index (χ1n) is 6.78. The minimum absolute atomic E-state index is 0.158. The highest BCUT2D eigenvalue weighted by Crippen LogP contribution is 2.28. The monoisotopic (exact) mass is 363 g/mol. The van der Waals surface area contributed by atoms with E-state index in [1.807, 2.05) is 0 Å². The standard InChI is InChI=1S/C14H19BrFNO2S/c1-10-7-13(16)5-6-14(10)20(18,19)17-9-11-3-2-4-12(15)8-11/h5-7,11-12,17H,2-4,8-9H2,1H3. The summed E-state index contributed by atoms with van der Waals surface area (Å²) in [5.41, 5.74) is 0.430. The summed E-state index contributed by atoms with van der Waals surface area (Å²) in [5, 5.41) is 0. The normalized spacial score (nSPS) is 23.8. The number of sulfonamides is 1. The van der Waals surface area contributed by atoms with E-state index in [0.717, 1.165) is 25.7 Å². The van der Waals surface area contributed by atoms with Gasteiger partial charge in [-0.15, -0.1) is 0 Å². The topological polar surface area (TPSA) is 46.2 Å². The smallest absolute Gasteiger partial charge is 0.211 e. The summed E-state index contributed by atoms with van der Waals surface area (Å²) >= 11 is 3.59. The number of hydrogen-bond acceptors (Lipinski definition) is 2. The SMILES string of the molecule is Cc1cc(F)ccc1S(=O)(=O)NCC1CCCC(Br)C1. The van der Waals surface area contributed by atoms with Gasteiger partial charge in [-0.2, -0.15) is 0 Å². The van der Waals surface area contributed by atoms with E-state index in [9.17, 15) is 12.8 Å². The molecule has 1 aliphatic carbocycles. The molecule has 0 aromatic heterocycles. The average Bonchev–Trinajstić information content (AvgIpc) is 2.36. The van der Waals surface area contributed by atoms with Crippen molar-refractivity contribution in [1.82, 2.24) is 4.72 Å². The molecule has 6 heteroatoms. The second-order valence-electron chi connectivity index (χ2n) is 5.39. The van der Waals surface area contributed by atoms with Crippen LogP contribution in [0.5, 0.6) is 0 Å². The molecule has 1 fully saturated rings. The molecule has 0 spiro atoms. The van der Waals surface area contributed by atoms with E-state index in [1.165, 1.54) is 18.2 Å². The molecule has 2 unspecified atom stereocenters. The number of benzene rings is 1. The third-order valence-electron chi connectivity index (χ3n) is 3.71. The minimum Gasteiger partial charge on any atom is -0.211 e. The molecule has 3 nitrogen and oxygen atoms in total. The second kappa shape index (κ2) is 6.54. The highest BCUT2D eigenvalue weighted by atomic mass is 79.9. The second-order valence-corrected chi connectivity index (χ2v) is 8.42. The first kappa shape index (κ1) is 15.9. The molecule has 0 bridgehead atoms. The van der Waals surface area contributed by atoms with Gasteiger partial charge in [-0.1, -0.05) is 22.4 Å². The lowest BCUT2D eigenvalue weighted by molar-refractivity contribution is 0.368. The Bertz CT molecular complexity index is 577. The zero-order valence-corrected chi connectivity index (χ0v) is 13.8. The molecular formula is C14H19BrFNO2S. The summed E-state index contributed by atoms with van der Waals surface area (Å²) in [7, 11) is -3.56. The van der Waals surface area contributed by atoms with Gasteiger partial charge in [0.25, 0.3) is 0 Å². The van der Waals surface area contributed by atoms with Crippen molar-refractivity contribution >= 4 is 26.0 Å². The molecule has 0 saturated heterocycles. The predicted octanol–water partition coefficient (Wildman–Crippen LogP) is 3.37. The van der Waals surface area contributed by atoms with Gasteiger partial charge < -0.3 is 0 Å². The van der Waals surface area contributed by atoms with E-state index in [1.54, 1.807) is 6.92 Å². The van der Waals surface area contributed by atoms with Crippen molar-refractivity contribution in [3.8, 4) is 0 Å². The number of nitrogens with one attached hydrogen (secondary N) is 1. The van der Waals surface area contributed by atoms with E-state index in [-0.39, 0.29) is 4.90 Å². The molecule has 1 aromatic carbocycles. The Morgan fingerprint density at radius 3 is 2.80 bits per heavy atom. The number of hydrogen-bond donors (Lipinski definition) is 1. The van der Waals surface area contributed by atoms with Gasteiger partial charge in [0.2, 0.25) is 10.0 Å². The van der Waals surface area contributed by atoms with Crippen LogP contribution in [0.15, 0.2) is 23.1 Å². The molecule has 20 heavy (non-hydrogen) atoms. The Morgan fingerprint density at radius 2 is 2.15 bits per heavy atom. The molecular weight excluding hydrogens is 345 g/mol. The molecule has 2 atom stereocenters. The molecule has 0 amide bonds. The van der Waals surface area contributed by atoms with Crippen molar-refractivity contribution in [2.24, 2.45) is 5.92 Å². The fraction of sp³-hybridized carbons (Fsp3) is 0.571. The predicted molar refractivity (Wildman–Crippen MR) is 81.0 cm³/mol. The maximum Gasteiger partial charge on any atom is 0.240 e. The molecule has 0 radical (unpaired) electrons. The van der Waals surface area contributed by atoms with Crippen molar-refractivity contribution in [2.45, 2.75) is 42.3 Å². The van der Waals surface area contributed by atoms with E-state index in [4.69, 9.17) is 0 Å². The molecule has 1 saturated carbocycles. The third kappa shape index (κ3) is 4.02. The van der Waals surface area contributed by atoms with Gasteiger partial charge in [-0.25, -0.2) is 17.5 Å². The molecule has 0 aliphatic heterocycles. The maximum absolute atomic E-state index is 13.0. The lowest BCUT2D eigenvalue weighted by Crippen LogP contribution is -2.32. The average molecular weight is 364 g/mol.